The normalized spacial score (nSPS) is 17.4. The molecule has 2 aromatic heterocycles. The monoisotopic (exact) mass is 550 g/mol. The number of alkyl halides is 3. The molecule has 1 saturated heterocycles. The van der Waals surface area contributed by atoms with Crippen LogP contribution in [0.15, 0.2) is 67.3 Å². The summed E-state index contributed by atoms with van der Waals surface area (Å²) in [6, 6.07) is 11.1. The Morgan fingerprint density at radius 2 is 1.70 bits per heavy atom. The summed E-state index contributed by atoms with van der Waals surface area (Å²) in [5.74, 6) is 1.10. The molecule has 0 atom stereocenters. The summed E-state index contributed by atoms with van der Waals surface area (Å²) < 4.78 is 38.7. The highest BCUT2D eigenvalue weighted by atomic mass is 19.4. The first-order chi connectivity index (χ1) is 19.3. The number of rotatable bonds is 8. The number of carbonyl (C=O) groups excluding carboxylic acids is 1. The van der Waals surface area contributed by atoms with Gasteiger partial charge in [0.1, 0.15) is 18.0 Å². The number of halogens is 3. The Balaban J connectivity index is 1.28. The average Bonchev–Trinajstić information content (AvgIpc) is 3.51. The number of likely N-dealkylation sites (tertiary alicyclic amines) is 1. The van der Waals surface area contributed by atoms with Crippen LogP contribution in [0, 0.1) is 0 Å². The van der Waals surface area contributed by atoms with Crippen LogP contribution in [0.4, 0.5) is 24.8 Å². The van der Waals surface area contributed by atoms with Crippen LogP contribution in [-0.4, -0.2) is 55.8 Å². The highest BCUT2D eigenvalue weighted by Gasteiger charge is 2.32. The molecule has 1 aromatic carbocycles. The summed E-state index contributed by atoms with van der Waals surface area (Å²) in [5.41, 5.74) is 0.721. The predicted octanol–water partition coefficient (Wildman–Crippen LogP) is 6.08. The van der Waals surface area contributed by atoms with Crippen molar-refractivity contribution in [3.63, 3.8) is 0 Å². The van der Waals surface area contributed by atoms with Crippen molar-refractivity contribution in [2.75, 3.05) is 18.4 Å². The van der Waals surface area contributed by atoms with Crippen molar-refractivity contribution in [1.82, 2.24) is 24.8 Å². The number of nitrogens with one attached hydrogen (secondary N) is 1. The molecule has 3 heterocycles. The van der Waals surface area contributed by atoms with E-state index in [-0.39, 0.29) is 11.9 Å². The van der Waals surface area contributed by atoms with Crippen molar-refractivity contribution in [2.24, 2.45) is 0 Å². The Kier molecular flexibility index (Phi) is 8.74. The molecule has 1 aliphatic carbocycles. The van der Waals surface area contributed by atoms with Crippen LogP contribution >= 0.6 is 0 Å². The summed E-state index contributed by atoms with van der Waals surface area (Å²) in [5, 5.41) is 3.12. The van der Waals surface area contributed by atoms with Gasteiger partial charge in [-0.25, -0.2) is 15.0 Å². The molecule has 2 aliphatic rings. The fraction of sp³-hybridized carbons (Fsp3) is 0.400. The lowest BCUT2D eigenvalue weighted by atomic mass is 10.00. The Hall–Kier alpha value is -3.79. The standard InChI is InChI=1S/C30H33F3N6O/c31-30(32,33)24-9-5-22(6-10-24)8-12-29(40)39(26-14-17-38(18-15-26)25-3-1-2-4-25)20-23-7-11-27(35-19-23)37-28-13-16-34-21-36-28/h5-13,16,19,21,25-26H,1-4,14-15,17-18,20H2,(H,34,35,36,37). The van der Waals surface area contributed by atoms with Crippen LogP contribution in [0.5, 0.6) is 0 Å². The maximum atomic E-state index is 13.5. The lowest BCUT2D eigenvalue weighted by Crippen LogP contribution is -2.48. The lowest BCUT2D eigenvalue weighted by molar-refractivity contribution is -0.137. The molecule has 40 heavy (non-hydrogen) atoms. The number of nitrogens with zero attached hydrogens (tertiary/aromatic N) is 5. The van der Waals surface area contributed by atoms with Gasteiger partial charge in [-0.2, -0.15) is 13.2 Å². The number of amides is 1. The largest absolute Gasteiger partial charge is 0.416 e. The third-order valence-electron chi connectivity index (χ3n) is 7.74. The van der Waals surface area contributed by atoms with Crippen molar-refractivity contribution in [3.8, 4) is 0 Å². The number of hydrogen-bond acceptors (Lipinski definition) is 6. The molecule has 5 rings (SSSR count). The van der Waals surface area contributed by atoms with E-state index < -0.39 is 11.7 Å². The van der Waals surface area contributed by atoms with Gasteiger partial charge in [-0.3, -0.25) is 4.79 Å². The molecule has 3 aromatic rings. The first kappa shape index (κ1) is 27.8. The summed E-state index contributed by atoms with van der Waals surface area (Å²) >= 11 is 0. The van der Waals surface area contributed by atoms with Gasteiger partial charge in [0.15, 0.2) is 0 Å². The van der Waals surface area contributed by atoms with E-state index in [9.17, 15) is 18.0 Å². The van der Waals surface area contributed by atoms with E-state index in [1.165, 1.54) is 50.2 Å². The van der Waals surface area contributed by atoms with E-state index in [2.05, 4.69) is 25.2 Å². The third kappa shape index (κ3) is 7.24. The molecule has 1 N–H and O–H groups in total. The predicted molar refractivity (Wildman–Crippen MR) is 147 cm³/mol. The molecule has 0 spiro atoms. The van der Waals surface area contributed by atoms with Crippen LogP contribution in [-0.2, 0) is 17.5 Å². The van der Waals surface area contributed by atoms with Gasteiger partial charge in [0, 0.05) is 50.2 Å². The molecule has 210 valence electrons. The van der Waals surface area contributed by atoms with Gasteiger partial charge in [0.25, 0.3) is 0 Å². The topological polar surface area (TPSA) is 74.2 Å². The van der Waals surface area contributed by atoms with E-state index in [0.29, 0.717) is 29.8 Å². The Bertz CT molecular complexity index is 1270. The molecule has 2 fully saturated rings. The van der Waals surface area contributed by atoms with Gasteiger partial charge in [0.05, 0.1) is 5.56 Å². The minimum absolute atomic E-state index is 0.0706. The average molecular weight is 551 g/mol. The minimum Gasteiger partial charge on any atom is -0.332 e. The molecule has 0 unspecified atom stereocenters. The SMILES string of the molecule is O=C(C=Cc1ccc(C(F)(F)F)cc1)N(Cc1ccc(Nc2ccncn2)nc1)C1CCN(C2CCCC2)CC1. The van der Waals surface area contributed by atoms with E-state index in [4.69, 9.17) is 0 Å². The van der Waals surface area contributed by atoms with Gasteiger partial charge in [-0.1, -0.05) is 31.0 Å². The zero-order valence-corrected chi connectivity index (χ0v) is 22.2. The van der Waals surface area contributed by atoms with E-state index in [1.807, 2.05) is 17.0 Å². The van der Waals surface area contributed by atoms with E-state index >= 15 is 0 Å². The number of pyridine rings is 1. The maximum absolute atomic E-state index is 13.5. The number of anilines is 2. The van der Waals surface area contributed by atoms with Crippen molar-refractivity contribution >= 4 is 23.6 Å². The van der Waals surface area contributed by atoms with Crippen molar-refractivity contribution < 1.29 is 18.0 Å². The van der Waals surface area contributed by atoms with E-state index in [0.717, 1.165) is 43.6 Å². The Labute approximate surface area is 232 Å². The van der Waals surface area contributed by atoms with Gasteiger partial charge in [0.2, 0.25) is 5.91 Å². The van der Waals surface area contributed by atoms with Gasteiger partial charge in [-0.15, -0.1) is 0 Å². The van der Waals surface area contributed by atoms with Crippen LogP contribution in [0.2, 0.25) is 0 Å². The first-order valence-corrected chi connectivity index (χ1v) is 13.7. The zero-order valence-electron chi connectivity index (χ0n) is 22.2. The number of aromatic nitrogens is 3. The van der Waals surface area contributed by atoms with Crippen LogP contribution in [0.3, 0.4) is 0 Å². The molecule has 10 heteroatoms. The molecular formula is C30H33F3N6O. The summed E-state index contributed by atoms with van der Waals surface area (Å²) in [7, 11) is 0. The number of hydrogen-bond donors (Lipinski definition) is 1. The highest BCUT2D eigenvalue weighted by molar-refractivity contribution is 5.92. The highest BCUT2D eigenvalue weighted by Crippen LogP contribution is 2.30. The second-order valence-corrected chi connectivity index (χ2v) is 10.4. The molecule has 0 radical (unpaired) electrons. The number of piperidine rings is 1. The molecule has 1 aliphatic heterocycles. The summed E-state index contributed by atoms with van der Waals surface area (Å²) in [4.78, 5) is 30.5. The molecule has 0 bridgehead atoms. The number of carbonyl (C=O) groups is 1. The van der Waals surface area contributed by atoms with Crippen LogP contribution in [0.25, 0.3) is 6.08 Å². The van der Waals surface area contributed by atoms with Gasteiger partial charge in [-0.05, 0) is 67.2 Å². The fourth-order valence-corrected chi connectivity index (χ4v) is 5.55. The fourth-order valence-electron chi connectivity index (χ4n) is 5.55. The summed E-state index contributed by atoms with van der Waals surface area (Å²) in [6.07, 6.45) is 10.4. The Morgan fingerprint density at radius 3 is 2.33 bits per heavy atom. The second kappa shape index (κ2) is 12.6. The van der Waals surface area contributed by atoms with Crippen molar-refractivity contribution in [1.29, 1.82) is 0 Å². The molecular weight excluding hydrogens is 517 g/mol. The number of benzene rings is 1. The van der Waals surface area contributed by atoms with Crippen molar-refractivity contribution in [3.05, 3.63) is 84.0 Å². The van der Waals surface area contributed by atoms with E-state index in [1.54, 1.807) is 24.5 Å². The van der Waals surface area contributed by atoms with Gasteiger partial charge >= 0.3 is 6.18 Å². The maximum Gasteiger partial charge on any atom is 0.416 e. The summed E-state index contributed by atoms with van der Waals surface area (Å²) in [6.45, 7) is 2.31. The molecule has 1 amide bonds. The zero-order chi connectivity index (χ0) is 28.0. The van der Waals surface area contributed by atoms with Crippen LogP contribution in [0.1, 0.15) is 55.2 Å². The molecule has 7 nitrogen and oxygen atoms in total. The minimum atomic E-state index is -4.39. The smallest absolute Gasteiger partial charge is 0.332 e. The quantitative estimate of drug-likeness (QED) is 0.343. The van der Waals surface area contributed by atoms with Crippen molar-refractivity contribution in [2.45, 2.75) is 63.3 Å². The lowest BCUT2D eigenvalue weighted by Gasteiger charge is -2.40. The second-order valence-electron chi connectivity index (χ2n) is 10.4. The van der Waals surface area contributed by atoms with Gasteiger partial charge < -0.3 is 15.1 Å². The Morgan fingerprint density at radius 1 is 0.975 bits per heavy atom. The van der Waals surface area contributed by atoms with Crippen LogP contribution < -0.4 is 5.32 Å². The molecule has 1 saturated carbocycles. The first-order valence-electron chi connectivity index (χ1n) is 13.7. The third-order valence-corrected chi connectivity index (χ3v) is 7.74.